The van der Waals surface area contributed by atoms with E-state index in [1.807, 2.05) is 36.4 Å². The van der Waals surface area contributed by atoms with Crippen LogP contribution in [0.5, 0.6) is 0 Å². The monoisotopic (exact) mass is 327 g/mol. The van der Waals surface area contributed by atoms with Crippen LogP contribution in [0.15, 0.2) is 54.6 Å². The molecule has 4 N–H and O–H groups in total. The zero-order valence-electron chi connectivity index (χ0n) is 13.1. The zero-order chi connectivity index (χ0) is 17.4. The van der Waals surface area contributed by atoms with E-state index in [9.17, 15) is 4.79 Å². The van der Waals surface area contributed by atoms with Crippen LogP contribution < -0.4 is 11.3 Å². The average molecular weight is 327 g/mol. The molecule has 0 radical (unpaired) electrons. The molecule has 120 valence electrons. The van der Waals surface area contributed by atoms with Gasteiger partial charge in [0.2, 0.25) is 0 Å². The van der Waals surface area contributed by atoms with Crippen molar-refractivity contribution in [2.45, 2.75) is 0 Å². The lowest BCUT2D eigenvalue weighted by molar-refractivity contribution is 0.0949. The Morgan fingerprint density at radius 1 is 1.12 bits per heavy atom. The third kappa shape index (κ3) is 2.40. The Labute approximate surface area is 142 Å². The van der Waals surface area contributed by atoms with Crippen molar-refractivity contribution in [2.75, 3.05) is 0 Å². The number of hydrogen-bond donors (Lipinski definition) is 3. The minimum Gasteiger partial charge on any atom is -0.353 e. The molecule has 2 aromatic carbocycles. The van der Waals surface area contributed by atoms with Gasteiger partial charge < -0.3 is 4.98 Å². The lowest BCUT2D eigenvalue weighted by Crippen LogP contribution is -2.30. The normalized spacial score (nSPS) is 10.7. The molecule has 0 spiro atoms. The van der Waals surface area contributed by atoms with Gasteiger partial charge in [0, 0.05) is 21.9 Å². The molecular weight excluding hydrogens is 314 g/mol. The second-order valence-corrected chi connectivity index (χ2v) is 5.61. The number of nitrogens with one attached hydrogen (secondary N) is 2. The first-order valence-corrected chi connectivity index (χ1v) is 7.64. The smallest absolute Gasteiger partial charge is 0.283 e. The third-order valence-corrected chi connectivity index (χ3v) is 4.15. The van der Waals surface area contributed by atoms with Crippen molar-refractivity contribution in [1.82, 2.24) is 15.4 Å². The van der Waals surface area contributed by atoms with Crippen LogP contribution in [0.4, 0.5) is 0 Å². The van der Waals surface area contributed by atoms with Gasteiger partial charge >= 0.3 is 0 Å². The number of nitrogens with two attached hydrogens (primary N) is 1. The number of fused-ring (bicyclic) bond motifs is 3. The first-order valence-electron chi connectivity index (χ1n) is 7.64. The molecule has 0 saturated carbocycles. The number of benzene rings is 2. The SMILES string of the molecule is N#Cc1ccc(-c2nc(C(=O)NN)cc3c2[nH]c2ccccc23)cc1. The molecule has 0 aliphatic carbocycles. The van der Waals surface area contributed by atoms with Gasteiger partial charge in [0.25, 0.3) is 5.91 Å². The minimum absolute atomic E-state index is 0.235. The number of amides is 1. The number of rotatable bonds is 2. The van der Waals surface area contributed by atoms with Crippen molar-refractivity contribution in [1.29, 1.82) is 5.26 Å². The molecule has 0 aliphatic heterocycles. The van der Waals surface area contributed by atoms with E-state index in [1.54, 1.807) is 18.2 Å². The molecule has 4 aromatic rings. The number of H-pyrrole nitrogens is 1. The number of aromatic amines is 1. The van der Waals surface area contributed by atoms with Crippen LogP contribution in [0.3, 0.4) is 0 Å². The van der Waals surface area contributed by atoms with Gasteiger partial charge in [-0.1, -0.05) is 30.3 Å². The number of nitriles is 1. The molecule has 2 heterocycles. The Bertz CT molecular complexity index is 1150. The standard InChI is InChI=1S/C19H13N5O/c20-10-11-5-7-12(8-6-11)17-18-14(9-16(23-17)19(25)24-21)13-3-1-2-4-15(13)22-18/h1-9,22H,21H2,(H,24,25). The highest BCUT2D eigenvalue weighted by molar-refractivity contribution is 6.13. The van der Waals surface area contributed by atoms with E-state index in [0.29, 0.717) is 11.3 Å². The van der Waals surface area contributed by atoms with Crippen molar-refractivity contribution in [3.63, 3.8) is 0 Å². The van der Waals surface area contributed by atoms with Crippen molar-refractivity contribution in [2.24, 2.45) is 5.84 Å². The van der Waals surface area contributed by atoms with Crippen LogP contribution in [-0.4, -0.2) is 15.9 Å². The highest BCUT2D eigenvalue weighted by Gasteiger charge is 2.16. The molecule has 0 saturated heterocycles. The van der Waals surface area contributed by atoms with Gasteiger partial charge in [-0.05, 0) is 24.3 Å². The van der Waals surface area contributed by atoms with Crippen molar-refractivity contribution < 1.29 is 4.79 Å². The van der Waals surface area contributed by atoms with E-state index < -0.39 is 5.91 Å². The summed E-state index contributed by atoms with van der Waals surface area (Å²) in [7, 11) is 0. The Balaban J connectivity index is 2.06. The molecule has 6 nitrogen and oxygen atoms in total. The predicted octanol–water partition coefficient (Wildman–Crippen LogP) is 2.86. The summed E-state index contributed by atoms with van der Waals surface area (Å²) in [5.74, 6) is 4.82. The summed E-state index contributed by atoms with van der Waals surface area (Å²) >= 11 is 0. The molecular formula is C19H13N5O. The van der Waals surface area contributed by atoms with E-state index in [0.717, 1.165) is 27.4 Å². The molecule has 0 fully saturated rings. The number of hydrazine groups is 1. The molecule has 0 atom stereocenters. The van der Waals surface area contributed by atoms with Gasteiger partial charge in [-0.15, -0.1) is 0 Å². The van der Waals surface area contributed by atoms with Crippen LogP contribution in [0, 0.1) is 11.3 Å². The van der Waals surface area contributed by atoms with Crippen LogP contribution >= 0.6 is 0 Å². The number of pyridine rings is 1. The number of para-hydroxylation sites is 1. The quantitative estimate of drug-likeness (QED) is 0.299. The Hall–Kier alpha value is -3.69. The molecule has 0 unspecified atom stereocenters. The summed E-state index contributed by atoms with van der Waals surface area (Å²) < 4.78 is 0. The fourth-order valence-corrected chi connectivity index (χ4v) is 2.95. The average Bonchev–Trinajstić information content (AvgIpc) is 3.05. The number of nitrogens with zero attached hydrogens (tertiary/aromatic N) is 2. The molecule has 1 amide bonds. The van der Waals surface area contributed by atoms with Crippen molar-refractivity contribution in [3.05, 3.63) is 65.9 Å². The highest BCUT2D eigenvalue weighted by Crippen LogP contribution is 2.32. The zero-order valence-corrected chi connectivity index (χ0v) is 13.1. The van der Waals surface area contributed by atoms with E-state index >= 15 is 0 Å². The highest BCUT2D eigenvalue weighted by atomic mass is 16.2. The number of nitrogen functional groups attached to an aromatic ring is 1. The van der Waals surface area contributed by atoms with E-state index in [4.69, 9.17) is 11.1 Å². The fourth-order valence-electron chi connectivity index (χ4n) is 2.95. The second-order valence-electron chi connectivity index (χ2n) is 5.61. The molecule has 2 aromatic heterocycles. The maximum absolute atomic E-state index is 12.0. The van der Waals surface area contributed by atoms with Crippen molar-refractivity contribution >= 4 is 27.7 Å². The Morgan fingerprint density at radius 2 is 1.88 bits per heavy atom. The summed E-state index contributed by atoms with van der Waals surface area (Å²) in [5, 5.41) is 10.9. The van der Waals surface area contributed by atoms with Gasteiger partial charge in [0.1, 0.15) is 5.69 Å². The third-order valence-electron chi connectivity index (χ3n) is 4.15. The van der Waals surface area contributed by atoms with Gasteiger partial charge in [-0.25, -0.2) is 10.8 Å². The fraction of sp³-hybridized carbons (Fsp3) is 0. The summed E-state index contributed by atoms with van der Waals surface area (Å²) in [6, 6.07) is 18.7. The number of hydrogen-bond acceptors (Lipinski definition) is 4. The van der Waals surface area contributed by atoms with Gasteiger partial charge in [-0.3, -0.25) is 10.2 Å². The van der Waals surface area contributed by atoms with E-state index in [-0.39, 0.29) is 5.69 Å². The summed E-state index contributed by atoms with van der Waals surface area (Å²) in [4.78, 5) is 19.9. The molecule has 0 bridgehead atoms. The number of carbonyl (C=O) groups is 1. The van der Waals surface area contributed by atoms with Crippen LogP contribution in [0.2, 0.25) is 0 Å². The van der Waals surface area contributed by atoms with Crippen molar-refractivity contribution in [3.8, 4) is 17.3 Å². The van der Waals surface area contributed by atoms with E-state index in [2.05, 4.69) is 21.5 Å². The van der Waals surface area contributed by atoms with Crippen LogP contribution in [-0.2, 0) is 0 Å². The summed E-state index contributed by atoms with van der Waals surface area (Å²) in [6.45, 7) is 0. The predicted molar refractivity (Wildman–Crippen MR) is 95.4 cm³/mol. The minimum atomic E-state index is -0.456. The summed E-state index contributed by atoms with van der Waals surface area (Å²) in [6.07, 6.45) is 0. The van der Waals surface area contributed by atoms with Gasteiger partial charge in [-0.2, -0.15) is 5.26 Å². The van der Waals surface area contributed by atoms with E-state index in [1.165, 1.54) is 0 Å². The first-order chi connectivity index (χ1) is 12.2. The lowest BCUT2D eigenvalue weighted by atomic mass is 10.0. The maximum Gasteiger partial charge on any atom is 0.283 e. The first kappa shape index (κ1) is 14.9. The maximum atomic E-state index is 12.0. The Morgan fingerprint density at radius 3 is 2.60 bits per heavy atom. The topological polar surface area (TPSA) is 108 Å². The van der Waals surface area contributed by atoms with Gasteiger partial charge in [0.05, 0.1) is 22.8 Å². The Kier molecular flexibility index (Phi) is 3.42. The summed E-state index contributed by atoms with van der Waals surface area (Å²) in [5.41, 5.74) is 6.16. The molecule has 25 heavy (non-hydrogen) atoms. The van der Waals surface area contributed by atoms with Crippen LogP contribution in [0.1, 0.15) is 16.1 Å². The molecule has 4 rings (SSSR count). The number of carbonyl (C=O) groups excluding carboxylic acids is 1. The second kappa shape index (κ2) is 5.74. The molecule has 6 heteroatoms. The molecule has 0 aliphatic rings. The lowest BCUT2D eigenvalue weighted by Gasteiger charge is -2.07. The van der Waals surface area contributed by atoms with Gasteiger partial charge in [0.15, 0.2) is 0 Å². The van der Waals surface area contributed by atoms with Crippen LogP contribution in [0.25, 0.3) is 33.1 Å². The largest absolute Gasteiger partial charge is 0.353 e. The number of aromatic nitrogens is 2.